The Morgan fingerprint density at radius 2 is 2.00 bits per heavy atom. The van der Waals surface area contributed by atoms with Crippen molar-refractivity contribution in [1.29, 1.82) is 0 Å². The average Bonchev–Trinajstić information content (AvgIpc) is 2.64. The molecule has 0 aliphatic rings. The van der Waals surface area contributed by atoms with Crippen LogP contribution in [0, 0.1) is 6.92 Å². The van der Waals surface area contributed by atoms with Gasteiger partial charge in [0, 0.05) is 28.8 Å². The van der Waals surface area contributed by atoms with E-state index in [1.54, 1.807) is 24.7 Å². The lowest BCUT2D eigenvalue weighted by molar-refractivity contribution is 0.102. The summed E-state index contributed by atoms with van der Waals surface area (Å²) in [5.41, 5.74) is 3.99. The highest BCUT2D eigenvalue weighted by Crippen LogP contribution is 2.20. The minimum absolute atomic E-state index is 0.198. The Bertz CT molecular complexity index is 884. The standard InChI is InChI=1S/C19H17BrN4O/c1-13-8-15(5-6-18(13)20)24-19(25)14-9-17(11-21-10-14)23-12-16-4-2-3-7-22-16/h2-11,23H,12H2,1H3,(H,24,25). The van der Waals surface area contributed by atoms with Crippen LogP contribution >= 0.6 is 15.9 Å². The predicted octanol–water partition coefficient (Wildman–Crippen LogP) is 4.41. The van der Waals surface area contributed by atoms with Crippen LogP contribution in [0.3, 0.4) is 0 Å². The maximum absolute atomic E-state index is 12.4. The van der Waals surface area contributed by atoms with Gasteiger partial charge < -0.3 is 10.6 Å². The van der Waals surface area contributed by atoms with Crippen molar-refractivity contribution < 1.29 is 4.79 Å². The van der Waals surface area contributed by atoms with Crippen molar-refractivity contribution >= 4 is 33.2 Å². The van der Waals surface area contributed by atoms with Gasteiger partial charge in [-0.3, -0.25) is 14.8 Å². The molecular weight excluding hydrogens is 380 g/mol. The number of hydrogen-bond acceptors (Lipinski definition) is 4. The van der Waals surface area contributed by atoms with E-state index in [4.69, 9.17) is 0 Å². The summed E-state index contributed by atoms with van der Waals surface area (Å²) in [6, 6.07) is 13.2. The SMILES string of the molecule is Cc1cc(NC(=O)c2cncc(NCc3ccccn3)c2)ccc1Br. The lowest BCUT2D eigenvalue weighted by Gasteiger charge is -2.09. The molecule has 6 heteroatoms. The molecule has 0 unspecified atom stereocenters. The van der Waals surface area contributed by atoms with Gasteiger partial charge in [0.1, 0.15) is 0 Å². The van der Waals surface area contributed by atoms with Crippen LogP contribution in [0.5, 0.6) is 0 Å². The number of nitrogens with one attached hydrogen (secondary N) is 2. The summed E-state index contributed by atoms with van der Waals surface area (Å²) in [7, 11) is 0. The number of aryl methyl sites for hydroxylation is 1. The molecule has 0 saturated heterocycles. The van der Waals surface area contributed by atoms with Gasteiger partial charge in [-0.25, -0.2) is 0 Å². The number of hydrogen-bond donors (Lipinski definition) is 2. The number of nitrogens with zero attached hydrogens (tertiary/aromatic N) is 2. The van der Waals surface area contributed by atoms with Crippen molar-refractivity contribution in [3.63, 3.8) is 0 Å². The monoisotopic (exact) mass is 396 g/mol. The molecule has 126 valence electrons. The van der Waals surface area contributed by atoms with E-state index in [0.29, 0.717) is 12.1 Å². The van der Waals surface area contributed by atoms with Crippen LogP contribution in [-0.2, 0) is 6.54 Å². The first-order valence-corrected chi connectivity index (χ1v) is 8.57. The largest absolute Gasteiger partial charge is 0.378 e. The number of rotatable bonds is 5. The molecule has 0 aliphatic carbocycles. The maximum Gasteiger partial charge on any atom is 0.257 e. The smallest absolute Gasteiger partial charge is 0.257 e. The zero-order chi connectivity index (χ0) is 17.6. The van der Waals surface area contributed by atoms with E-state index in [1.165, 1.54) is 0 Å². The van der Waals surface area contributed by atoms with Crippen molar-refractivity contribution in [2.45, 2.75) is 13.5 Å². The predicted molar refractivity (Wildman–Crippen MR) is 103 cm³/mol. The van der Waals surface area contributed by atoms with Crippen molar-refractivity contribution in [3.8, 4) is 0 Å². The number of anilines is 2. The molecule has 2 aromatic heterocycles. The van der Waals surface area contributed by atoms with Crippen LogP contribution < -0.4 is 10.6 Å². The lowest BCUT2D eigenvalue weighted by atomic mass is 10.2. The number of aromatic nitrogens is 2. The normalized spacial score (nSPS) is 10.3. The molecule has 0 radical (unpaired) electrons. The first-order chi connectivity index (χ1) is 12.1. The molecule has 2 heterocycles. The summed E-state index contributed by atoms with van der Waals surface area (Å²) < 4.78 is 1.01. The Morgan fingerprint density at radius 1 is 1.12 bits per heavy atom. The lowest BCUT2D eigenvalue weighted by Crippen LogP contribution is -2.13. The molecule has 5 nitrogen and oxygen atoms in total. The topological polar surface area (TPSA) is 66.9 Å². The molecule has 0 bridgehead atoms. The summed E-state index contributed by atoms with van der Waals surface area (Å²) in [6.07, 6.45) is 4.98. The summed E-state index contributed by atoms with van der Waals surface area (Å²) in [5, 5.41) is 6.11. The highest BCUT2D eigenvalue weighted by atomic mass is 79.9. The van der Waals surface area contributed by atoms with Crippen LogP contribution in [0.25, 0.3) is 0 Å². The molecule has 0 atom stereocenters. The second-order valence-corrected chi connectivity index (χ2v) is 6.41. The van der Waals surface area contributed by atoms with E-state index < -0.39 is 0 Å². The highest BCUT2D eigenvalue weighted by molar-refractivity contribution is 9.10. The van der Waals surface area contributed by atoms with Crippen LogP contribution in [0.1, 0.15) is 21.6 Å². The zero-order valence-electron chi connectivity index (χ0n) is 13.7. The fraction of sp³-hybridized carbons (Fsp3) is 0.105. The first kappa shape index (κ1) is 17.1. The second kappa shape index (κ2) is 7.90. The molecule has 0 saturated carbocycles. The summed E-state index contributed by atoms with van der Waals surface area (Å²) in [4.78, 5) is 20.8. The van der Waals surface area contributed by atoms with E-state index in [1.807, 2.05) is 43.3 Å². The van der Waals surface area contributed by atoms with Gasteiger partial charge >= 0.3 is 0 Å². The Morgan fingerprint density at radius 3 is 2.76 bits per heavy atom. The van der Waals surface area contributed by atoms with E-state index in [2.05, 4.69) is 36.5 Å². The molecule has 0 spiro atoms. The Kier molecular flexibility index (Phi) is 5.40. The van der Waals surface area contributed by atoms with Gasteiger partial charge in [-0.2, -0.15) is 0 Å². The number of benzene rings is 1. The summed E-state index contributed by atoms with van der Waals surface area (Å²) in [6.45, 7) is 2.54. The Balaban J connectivity index is 1.67. The zero-order valence-corrected chi connectivity index (χ0v) is 15.2. The van der Waals surface area contributed by atoms with Crippen molar-refractivity contribution in [1.82, 2.24) is 9.97 Å². The number of carbonyl (C=O) groups excluding carboxylic acids is 1. The van der Waals surface area contributed by atoms with Gasteiger partial charge in [0.2, 0.25) is 0 Å². The van der Waals surface area contributed by atoms with Gasteiger partial charge in [-0.15, -0.1) is 0 Å². The molecule has 0 aliphatic heterocycles. The molecule has 1 amide bonds. The molecular formula is C19H17BrN4O. The molecule has 3 rings (SSSR count). The van der Waals surface area contributed by atoms with E-state index in [0.717, 1.165) is 27.1 Å². The molecule has 0 fully saturated rings. The van der Waals surface area contributed by atoms with Crippen LogP contribution in [0.2, 0.25) is 0 Å². The number of pyridine rings is 2. The molecule has 1 aromatic carbocycles. The first-order valence-electron chi connectivity index (χ1n) is 7.78. The fourth-order valence-electron chi connectivity index (χ4n) is 2.28. The van der Waals surface area contributed by atoms with E-state index >= 15 is 0 Å². The third kappa shape index (κ3) is 4.64. The van der Waals surface area contributed by atoms with Gasteiger partial charge in [-0.1, -0.05) is 22.0 Å². The van der Waals surface area contributed by atoms with Gasteiger partial charge in [-0.05, 0) is 48.9 Å². The minimum atomic E-state index is -0.198. The third-order valence-electron chi connectivity index (χ3n) is 3.62. The number of amides is 1. The van der Waals surface area contributed by atoms with Crippen molar-refractivity contribution in [3.05, 3.63) is 82.3 Å². The van der Waals surface area contributed by atoms with Crippen LogP contribution in [0.4, 0.5) is 11.4 Å². The van der Waals surface area contributed by atoms with Crippen LogP contribution in [-0.4, -0.2) is 15.9 Å². The van der Waals surface area contributed by atoms with Crippen LogP contribution in [0.15, 0.2) is 65.5 Å². The van der Waals surface area contributed by atoms with E-state index in [-0.39, 0.29) is 5.91 Å². The quantitative estimate of drug-likeness (QED) is 0.669. The average molecular weight is 397 g/mol. The Labute approximate surface area is 154 Å². The highest BCUT2D eigenvalue weighted by Gasteiger charge is 2.08. The summed E-state index contributed by atoms with van der Waals surface area (Å²) >= 11 is 3.45. The van der Waals surface area contributed by atoms with Gasteiger partial charge in [0.05, 0.1) is 23.5 Å². The van der Waals surface area contributed by atoms with Gasteiger partial charge in [0.25, 0.3) is 5.91 Å². The van der Waals surface area contributed by atoms with Crippen molar-refractivity contribution in [2.24, 2.45) is 0 Å². The van der Waals surface area contributed by atoms with Gasteiger partial charge in [0.15, 0.2) is 0 Å². The molecule has 2 N–H and O–H groups in total. The minimum Gasteiger partial charge on any atom is -0.378 e. The summed E-state index contributed by atoms with van der Waals surface area (Å²) in [5.74, 6) is -0.198. The second-order valence-electron chi connectivity index (χ2n) is 5.56. The fourth-order valence-corrected chi connectivity index (χ4v) is 2.53. The number of carbonyl (C=O) groups is 1. The number of halogens is 1. The molecule has 25 heavy (non-hydrogen) atoms. The van der Waals surface area contributed by atoms with E-state index in [9.17, 15) is 4.79 Å². The van der Waals surface area contributed by atoms with Crippen molar-refractivity contribution in [2.75, 3.05) is 10.6 Å². The third-order valence-corrected chi connectivity index (χ3v) is 4.51. The Hall–Kier alpha value is -2.73. The molecule has 3 aromatic rings. The maximum atomic E-state index is 12.4.